The maximum absolute atomic E-state index is 13.2. The van der Waals surface area contributed by atoms with Crippen LogP contribution in [0.2, 0.25) is 0 Å². The van der Waals surface area contributed by atoms with E-state index in [9.17, 15) is 19.2 Å². The number of amides is 3. The Kier molecular flexibility index (Phi) is 9.27. The van der Waals surface area contributed by atoms with Crippen molar-refractivity contribution in [2.75, 3.05) is 0 Å². The van der Waals surface area contributed by atoms with Gasteiger partial charge in [0.25, 0.3) is 11.8 Å². The highest BCUT2D eigenvalue weighted by Crippen LogP contribution is 2.18. The topological polar surface area (TPSA) is 172 Å². The molecule has 0 spiro atoms. The predicted molar refractivity (Wildman–Crippen MR) is 156 cm³/mol. The van der Waals surface area contributed by atoms with E-state index in [1.165, 1.54) is 0 Å². The van der Waals surface area contributed by atoms with Gasteiger partial charge in [0.2, 0.25) is 11.7 Å². The molecule has 2 aromatic carbocycles. The van der Waals surface area contributed by atoms with Crippen molar-refractivity contribution in [2.24, 2.45) is 0 Å². The van der Waals surface area contributed by atoms with Gasteiger partial charge in [-0.2, -0.15) is 5.21 Å². The Morgan fingerprint density at radius 3 is 2.35 bits per heavy atom. The molecule has 2 atom stereocenters. The maximum Gasteiger partial charge on any atom is 0.287 e. The number of nitrogens with one attached hydrogen (secondary N) is 4. The molecule has 1 aliphatic rings. The Bertz CT molecular complexity index is 1680. The molecule has 0 saturated heterocycles. The van der Waals surface area contributed by atoms with Crippen LogP contribution in [-0.2, 0) is 17.8 Å². The van der Waals surface area contributed by atoms with Gasteiger partial charge in [0.1, 0.15) is 0 Å². The fraction of sp³-hybridized carbons (Fsp3) is 0.194. The fourth-order valence-electron chi connectivity index (χ4n) is 4.60. The van der Waals surface area contributed by atoms with Crippen LogP contribution in [0.4, 0.5) is 0 Å². The quantitative estimate of drug-likeness (QED) is 0.210. The molecular weight excluding hydrogens is 550 g/mol. The molecule has 218 valence electrons. The number of rotatable bonds is 11. The summed E-state index contributed by atoms with van der Waals surface area (Å²) in [6, 6.07) is 19.7. The van der Waals surface area contributed by atoms with Crippen molar-refractivity contribution >= 4 is 23.3 Å². The highest BCUT2D eigenvalue weighted by Gasteiger charge is 2.23. The van der Waals surface area contributed by atoms with Crippen molar-refractivity contribution in [1.29, 1.82) is 0 Å². The molecule has 0 saturated carbocycles. The van der Waals surface area contributed by atoms with E-state index in [0.717, 1.165) is 28.8 Å². The van der Waals surface area contributed by atoms with Crippen LogP contribution < -0.4 is 21.4 Å². The van der Waals surface area contributed by atoms with Crippen LogP contribution in [0.1, 0.15) is 50.9 Å². The van der Waals surface area contributed by atoms with Crippen molar-refractivity contribution in [3.8, 4) is 0 Å². The Hall–Kier alpha value is -5.65. The van der Waals surface area contributed by atoms with Crippen molar-refractivity contribution in [2.45, 2.75) is 37.9 Å². The number of carbonyl (C=O) groups is 3. The summed E-state index contributed by atoms with van der Waals surface area (Å²) >= 11 is 0. The zero-order valence-electron chi connectivity index (χ0n) is 23.0. The summed E-state index contributed by atoms with van der Waals surface area (Å²) in [6.45, 7) is 0.219. The molecule has 1 aliphatic carbocycles. The number of H-pyrrole nitrogens is 1. The number of carbonyl (C=O) groups excluding carboxylic acids is 3. The van der Waals surface area contributed by atoms with Crippen LogP contribution in [0.3, 0.4) is 0 Å². The number of hydrogen-bond acceptors (Lipinski definition) is 8. The fourth-order valence-corrected chi connectivity index (χ4v) is 4.60. The zero-order valence-corrected chi connectivity index (χ0v) is 23.0. The van der Waals surface area contributed by atoms with Gasteiger partial charge in [0.15, 0.2) is 16.9 Å². The predicted octanol–water partition coefficient (Wildman–Crippen LogP) is 2.34. The third kappa shape index (κ3) is 8.19. The normalized spacial score (nSPS) is 14.8. The first-order valence-electron chi connectivity index (χ1n) is 13.7. The summed E-state index contributed by atoms with van der Waals surface area (Å²) in [7, 11) is 0. The Labute approximate surface area is 246 Å². The van der Waals surface area contributed by atoms with Gasteiger partial charge in [-0.3, -0.25) is 19.2 Å². The van der Waals surface area contributed by atoms with Crippen molar-refractivity contribution < 1.29 is 18.8 Å². The Morgan fingerprint density at radius 1 is 0.953 bits per heavy atom. The second-order valence-corrected chi connectivity index (χ2v) is 9.92. The third-order valence-corrected chi connectivity index (χ3v) is 6.62. The molecule has 0 aliphatic heterocycles. The Morgan fingerprint density at radius 2 is 1.65 bits per heavy atom. The number of nitrogens with zero attached hydrogens (tertiary/aromatic N) is 3. The summed E-state index contributed by atoms with van der Waals surface area (Å²) in [5.41, 5.74) is 1.92. The molecule has 4 aromatic rings. The van der Waals surface area contributed by atoms with E-state index < -0.39 is 23.3 Å². The molecule has 3 amide bonds. The lowest BCUT2D eigenvalue weighted by Crippen LogP contribution is -2.43. The van der Waals surface area contributed by atoms with E-state index in [1.807, 2.05) is 78.9 Å². The first-order chi connectivity index (χ1) is 20.9. The molecule has 5 rings (SSSR count). The summed E-state index contributed by atoms with van der Waals surface area (Å²) in [4.78, 5) is 51.4. The lowest BCUT2D eigenvalue weighted by molar-refractivity contribution is -0.121. The molecular formula is C31H29N7O5. The molecule has 1 unspecified atom stereocenters. The minimum atomic E-state index is -0.719. The van der Waals surface area contributed by atoms with E-state index in [0.29, 0.717) is 18.7 Å². The first-order valence-corrected chi connectivity index (χ1v) is 13.7. The molecule has 0 fully saturated rings. The van der Waals surface area contributed by atoms with E-state index in [-0.39, 0.29) is 36.4 Å². The van der Waals surface area contributed by atoms with Gasteiger partial charge in [0, 0.05) is 36.7 Å². The second kappa shape index (κ2) is 13.8. The van der Waals surface area contributed by atoms with Crippen molar-refractivity contribution in [1.82, 2.24) is 36.6 Å². The lowest BCUT2D eigenvalue weighted by atomic mass is 10.0. The van der Waals surface area contributed by atoms with Gasteiger partial charge in [-0.05, 0) is 29.2 Å². The van der Waals surface area contributed by atoms with Crippen LogP contribution in [-0.4, -0.2) is 50.4 Å². The van der Waals surface area contributed by atoms with E-state index in [2.05, 4.69) is 36.6 Å². The smallest absolute Gasteiger partial charge is 0.287 e. The third-order valence-electron chi connectivity index (χ3n) is 6.62. The van der Waals surface area contributed by atoms with Gasteiger partial charge < -0.3 is 20.4 Å². The minimum Gasteiger partial charge on any atom is -0.445 e. The van der Waals surface area contributed by atoms with Crippen LogP contribution in [0.5, 0.6) is 0 Å². The molecule has 0 radical (unpaired) electrons. The average Bonchev–Trinajstić information content (AvgIpc) is 3.56. The highest BCUT2D eigenvalue weighted by molar-refractivity contribution is 5.95. The van der Waals surface area contributed by atoms with Crippen LogP contribution in [0, 0.1) is 0 Å². The maximum atomic E-state index is 13.2. The molecule has 0 bridgehead atoms. The zero-order chi connectivity index (χ0) is 30.0. The number of tetrazole rings is 1. The van der Waals surface area contributed by atoms with Gasteiger partial charge in [-0.25, -0.2) is 0 Å². The highest BCUT2D eigenvalue weighted by atomic mass is 16.4. The molecule has 12 heteroatoms. The minimum absolute atomic E-state index is 0.0479. The first kappa shape index (κ1) is 28.9. The van der Waals surface area contributed by atoms with E-state index in [4.69, 9.17) is 4.42 Å². The SMILES string of the molecule is O=C(C[C@H](Cc1ccccc1)NC(=O)c1cc(=O)cc(C(=O)NCc2ccccc2)o1)NC1C=C(c2nn[nH]n2)C=CC1. The second-order valence-electron chi connectivity index (χ2n) is 9.92. The standard InChI is InChI=1S/C31H29N7O5/c39-25-17-26(30(41)32-19-21-10-5-2-6-11-21)43-27(18-25)31(42)34-24(14-20-8-3-1-4-9-20)16-28(40)33-23-13-7-12-22(15-23)29-35-37-38-36-29/h1-12,15,17-18,23-24H,13-14,16,19H2,(H,32,41)(H,33,40)(H,34,42)(H,35,36,37,38)/t23?,24-/m0/s1. The van der Waals surface area contributed by atoms with Gasteiger partial charge in [-0.1, -0.05) is 78.9 Å². The number of aromatic nitrogens is 4. The summed E-state index contributed by atoms with van der Waals surface area (Å²) in [6.07, 6.45) is 6.48. The van der Waals surface area contributed by atoms with Crippen LogP contribution in [0.25, 0.3) is 5.57 Å². The monoisotopic (exact) mass is 579 g/mol. The summed E-state index contributed by atoms with van der Waals surface area (Å²) in [5.74, 6) is -1.85. The molecule has 2 heterocycles. The summed E-state index contributed by atoms with van der Waals surface area (Å²) < 4.78 is 5.54. The molecule has 4 N–H and O–H groups in total. The molecule has 2 aromatic heterocycles. The van der Waals surface area contributed by atoms with Crippen LogP contribution >= 0.6 is 0 Å². The Balaban J connectivity index is 1.27. The number of allylic oxidation sites excluding steroid dienone is 2. The van der Waals surface area contributed by atoms with Crippen molar-refractivity contribution in [3.63, 3.8) is 0 Å². The van der Waals surface area contributed by atoms with Crippen molar-refractivity contribution in [3.05, 3.63) is 130 Å². The molecule has 12 nitrogen and oxygen atoms in total. The van der Waals surface area contributed by atoms with E-state index in [1.54, 1.807) is 0 Å². The summed E-state index contributed by atoms with van der Waals surface area (Å²) in [5, 5.41) is 22.4. The average molecular weight is 580 g/mol. The van der Waals surface area contributed by atoms with E-state index >= 15 is 0 Å². The number of aromatic amines is 1. The largest absolute Gasteiger partial charge is 0.445 e. The van der Waals surface area contributed by atoms with Gasteiger partial charge in [-0.15, -0.1) is 10.2 Å². The van der Waals surface area contributed by atoms with Crippen LogP contribution in [0.15, 0.2) is 100 Å². The lowest BCUT2D eigenvalue weighted by Gasteiger charge is -2.21. The molecule has 43 heavy (non-hydrogen) atoms. The number of benzene rings is 2. The van der Waals surface area contributed by atoms with Gasteiger partial charge in [0.05, 0.1) is 6.04 Å². The van der Waals surface area contributed by atoms with Gasteiger partial charge >= 0.3 is 0 Å². The number of hydrogen-bond donors (Lipinski definition) is 4.